The third-order valence-corrected chi connectivity index (χ3v) is 3.55. The van der Waals surface area contributed by atoms with E-state index in [1.54, 1.807) is 24.5 Å². The Morgan fingerprint density at radius 2 is 2.41 bits per heavy atom. The summed E-state index contributed by atoms with van der Waals surface area (Å²) < 4.78 is 0.574. The molecule has 0 spiro atoms. The maximum absolute atomic E-state index is 12.0. The van der Waals surface area contributed by atoms with Gasteiger partial charge in [0.1, 0.15) is 4.32 Å². The molecule has 0 saturated carbocycles. The molecule has 2 heterocycles. The average Bonchev–Trinajstić information content (AvgIpc) is 2.59. The number of thiocarbonyl (C=S) groups is 1. The van der Waals surface area contributed by atoms with E-state index in [1.807, 2.05) is 12.1 Å². The molecular formula is C12H10N2OS2. The number of aromatic nitrogens is 1. The highest BCUT2D eigenvalue weighted by molar-refractivity contribution is 8.26. The van der Waals surface area contributed by atoms with E-state index in [-0.39, 0.29) is 5.91 Å². The fourth-order valence-electron chi connectivity index (χ4n) is 1.40. The molecular weight excluding hydrogens is 252 g/mol. The molecule has 0 aliphatic carbocycles. The van der Waals surface area contributed by atoms with Gasteiger partial charge < -0.3 is 0 Å². The molecule has 1 aliphatic rings. The Bertz CT molecular complexity index is 496. The van der Waals surface area contributed by atoms with Gasteiger partial charge in [0.25, 0.3) is 5.91 Å². The largest absolute Gasteiger partial charge is 0.289 e. The van der Waals surface area contributed by atoms with Gasteiger partial charge in [0, 0.05) is 18.9 Å². The van der Waals surface area contributed by atoms with Crippen molar-refractivity contribution in [3.63, 3.8) is 0 Å². The second-order valence-electron chi connectivity index (χ2n) is 3.37. The van der Waals surface area contributed by atoms with Crippen molar-refractivity contribution in [2.45, 2.75) is 0 Å². The summed E-state index contributed by atoms with van der Waals surface area (Å²) in [5.74, 6) is -0.0660. The van der Waals surface area contributed by atoms with Crippen molar-refractivity contribution >= 4 is 40.3 Å². The van der Waals surface area contributed by atoms with Crippen LogP contribution < -0.4 is 0 Å². The van der Waals surface area contributed by atoms with E-state index >= 15 is 0 Å². The van der Waals surface area contributed by atoms with Gasteiger partial charge in [0.2, 0.25) is 0 Å². The number of nitrogens with zero attached hydrogens (tertiary/aromatic N) is 2. The van der Waals surface area contributed by atoms with Crippen molar-refractivity contribution in [1.82, 2.24) is 9.88 Å². The van der Waals surface area contributed by atoms with Crippen LogP contribution in [0.1, 0.15) is 5.56 Å². The van der Waals surface area contributed by atoms with Crippen molar-refractivity contribution in [2.75, 3.05) is 6.54 Å². The topological polar surface area (TPSA) is 33.2 Å². The average molecular weight is 262 g/mol. The summed E-state index contributed by atoms with van der Waals surface area (Å²) in [5.41, 5.74) is 0.895. The molecule has 0 N–H and O–H groups in total. The lowest BCUT2D eigenvalue weighted by Gasteiger charge is -2.10. The number of carbonyl (C=O) groups excluding carboxylic acids is 1. The van der Waals surface area contributed by atoms with Crippen LogP contribution in [0.3, 0.4) is 0 Å². The molecule has 0 bridgehead atoms. The van der Waals surface area contributed by atoms with Crippen LogP contribution in [0.15, 0.2) is 42.1 Å². The van der Waals surface area contributed by atoms with Crippen molar-refractivity contribution in [3.05, 3.63) is 47.6 Å². The zero-order valence-corrected chi connectivity index (χ0v) is 10.6. The van der Waals surface area contributed by atoms with E-state index in [0.717, 1.165) is 5.56 Å². The molecule has 1 aliphatic heterocycles. The van der Waals surface area contributed by atoms with Crippen LogP contribution in [-0.4, -0.2) is 26.7 Å². The number of hydrogen-bond donors (Lipinski definition) is 0. The molecule has 1 saturated heterocycles. The van der Waals surface area contributed by atoms with Crippen molar-refractivity contribution < 1.29 is 4.79 Å². The van der Waals surface area contributed by atoms with E-state index in [4.69, 9.17) is 12.2 Å². The summed E-state index contributed by atoms with van der Waals surface area (Å²) in [4.78, 5) is 18.2. The molecule has 1 aromatic rings. The smallest absolute Gasteiger partial charge is 0.266 e. The van der Waals surface area contributed by atoms with E-state index < -0.39 is 0 Å². The lowest BCUT2D eigenvalue weighted by Crippen LogP contribution is -2.27. The third kappa shape index (κ3) is 2.62. The van der Waals surface area contributed by atoms with Crippen molar-refractivity contribution in [2.24, 2.45) is 0 Å². The van der Waals surface area contributed by atoms with Gasteiger partial charge in [-0.05, 0) is 17.7 Å². The molecule has 5 heteroatoms. The highest BCUT2D eigenvalue weighted by Crippen LogP contribution is 2.32. The minimum Gasteiger partial charge on any atom is -0.289 e. The molecule has 1 amide bonds. The van der Waals surface area contributed by atoms with Gasteiger partial charge in [-0.2, -0.15) is 0 Å². The first-order valence-electron chi connectivity index (χ1n) is 4.98. The molecule has 17 heavy (non-hydrogen) atoms. The van der Waals surface area contributed by atoms with Crippen LogP contribution in [0, 0.1) is 0 Å². The second kappa shape index (κ2) is 5.25. The normalized spacial score (nSPS) is 17.9. The van der Waals surface area contributed by atoms with Crippen molar-refractivity contribution in [1.29, 1.82) is 0 Å². The lowest BCUT2D eigenvalue weighted by atomic mass is 10.2. The van der Waals surface area contributed by atoms with Gasteiger partial charge >= 0.3 is 0 Å². The van der Waals surface area contributed by atoms with Gasteiger partial charge in [0.05, 0.1) is 4.91 Å². The molecule has 1 aromatic heterocycles. The number of carbonyl (C=O) groups is 1. The monoisotopic (exact) mass is 262 g/mol. The van der Waals surface area contributed by atoms with Gasteiger partial charge in [0.15, 0.2) is 0 Å². The predicted molar refractivity (Wildman–Crippen MR) is 74.3 cm³/mol. The fraction of sp³-hybridized carbons (Fsp3) is 0.0833. The number of rotatable bonds is 3. The summed E-state index contributed by atoms with van der Waals surface area (Å²) in [5, 5.41) is 0. The van der Waals surface area contributed by atoms with Crippen LogP contribution in [0.2, 0.25) is 0 Å². The lowest BCUT2D eigenvalue weighted by molar-refractivity contribution is -0.121. The third-order valence-electron chi connectivity index (χ3n) is 2.17. The summed E-state index contributed by atoms with van der Waals surface area (Å²) in [6, 6.07) is 3.73. The summed E-state index contributed by atoms with van der Waals surface area (Å²) in [7, 11) is 0. The maximum atomic E-state index is 12.0. The predicted octanol–water partition coefficient (Wildman–Crippen LogP) is 2.47. The van der Waals surface area contributed by atoms with E-state index in [9.17, 15) is 4.79 Å². The van der Waals surface area contributed by atoms with Crippen molar-refractivity contribution in [3.8, 4) is 0 Å². The molecule has 0 atom stereocenters. The first kappa shape index (κ1) is 12.0. The van der Waals surface area contributed by atoms with Crippen LogP contribution >= 0.6 is 24.0 Å². The molecule has 0 radical (unpaired) electrons. The van der Waals surface area contributed by atoms with Crippen LogP contribution in [-0.2, 0) is 4.79 Å². The van der Waals surface area contributed by atoms with Gasteiger partial charge in [-0.15, -0.1) is 6.58 Å². The fourth-order valence-corrected chi connectivity index (χ4v) is 2.67. The molecule has 1 fully saturated rings. The van der Waals surface area contributed by atoms with E-state index in [0.29, 0.717) is 15.8 Å². The number of thioether (sulfide) groups is 1. The van der Waals surface area contributed by atoms with Gasteiger partial charge in [-0.1, -0.05) is 36.1 Å². The van der Waals surface area contributed by atoms with Crippen LogP contribution in [0.25, 0.3) is 6.08 Å². The molecule has 86 valence electrons. The van der Waals surface area contributed by atoms with Gasteiger partial charge in [-0.25, -0.2) is 0 Å². The quantitative estimate of drug-likeness (QED) is 0.476. The number of hydrogen-bond acceptors (Lipinski definition) is 4. The summed E-state index contributed by atoms with van der Waals surface area (Å²) in [6.45, 7) is 4.06. The Morgan fingerprint density at radius 1 is 1.59 bits per heavy atom. The summed E-state index contributed by atoms with van der Waals surface area (Å²) >= 11 is 6.45. The number of amides is 1. The Balaban J connectivity index is 2.25. The minimum atomic E-state index is -0.0660. The zero-order chi connectivity index (χ0) is 12.3. The molecule has 0 aromatic carbocycles. The molecule has 3 nitrogen and oxygen atoms in total. The molecule has 2 rings (SSSR count). The van der Waals surface area contributed by atoms with E-state index in [2.05, 4.69) is 11.6 Å². The van der Waals surface area contributed by atoms with Crippen LogP contribution in [0.4, 0.5) is 0 Å². The zero-order valence-electron chi connectivity index (χ0n) is 9.00. The Kier molecular flexibility index (Phi) is 3.71. The first-order chi connectivity index (χ1) is 8.22. The van der Waals surface area contributed by atoms with Gasteiger partial charge in [-0.3, -0.25) is 14.7 Å². The SMILES string of the molecule is C=CCN1C(=O)/C(=C\c2cccnc2)SC1=S. The van der Waals surface area contributed by atoms with Crippen LogP contribution in [0.5, 0.6) is 0 Å². The highest BCUT2D eigenvalue weighted by Gasteiger charge is 2.30. The Labute approximate surface area is 109 Å². The Hall–Kier alpha value is -1.46. The number of pyridine rings is 1. The first-order valence-corrected chi connectivity index (χ1v) is 6.21. The second-order valence-corrected chi connectivity index (χ2v) is 5.04. The highest BCUT2D eigenvalue weighted by atomic mass is 32.2. The maximum Gasteiger partial charge on any atom is 0.266 e. The standard InChI is InChI=1S/C12H10N2OS2/c1-2-6-14-11(15)10(17-12(14)16)7-9-4-3-5-13-8-9/h2-5,7-8H,1,6H2/b10-7+. The van der Waals surface area contributed by atoms with E-state index in [1.165, 1.54) is 16.7 Å². The minimum absolute atomic E-state index is 0.0660. The Morgan fingerprint density at radius 3 is 3.06 bits per heavy atom. The molecule has 0 unspecified atom stereocenters. The summed E-state index contributed by atoms with van der Waals surface area (Å²) in [6.07, 6.45) is 6.87.